The van der Waals surface area contributed by atoms with E-state index < -0.39 is 6.10 Å². The Balaban J connectivity index is 4.54. The third-order valence-corrected chi connectivity index (χ3v) is 11.0. The van der Waals surface area contributed by atoms with Gasteiger partial charge in [-0.1, -0.05) is 217 Å². The Labute approximate surface area is 435 Å². The summed E-state index contributed by atoms with van der Waals surface area (Å²) in [5.74, 6) is -1.03. The summed E-state index contributed by atoms with van der Waals surface area (Å²) < 4.78 is 16.8. The highest BCUT2D eigenvalue weighted by Crippen LogP contribution is 2.12. The summed E-state index contributed by atoms with van der Waals surface area (Å²) in [6.45, 7) is 6.24. The average Bonchev–Trinajstić information content (AvgIpc) is 3.37. The topological polar surface area (TPSA) is 78.9 Å². The number of rotatable bonds is 48. The van der Waals surface area contributed by atoms with E-state index in [1.807, 2.05) is 0 Å². The lowest BCUT2D eigenvalue weighted by atomic mass is 10.1. The van der Waals surface area contributed by atoms with Crippen LogP contribution in [0.1, 0.15) is 213 Å². The number of unbranched alkanes of at least 4 members (excludes halogenated alkanes) is 11. The first-order valence-corrected chi connectivity index (χ1v) is 28.0. The molecule has 0 heterocycles. The zero-order chi connectivity index (χ0) is 51.4. The van der Waals surface area contributed by atoms with Gasteiger partial charge in [-0.25, -0.2) is 0 Å². The third kappa shape index (κ3) is 55.8. The Bertz CT molecular complexity index is 1640. The highest BCUT2D eigenvalue weighted by atomic mass is 16.6. The van der Waals surface area contributed by atoms with Crippen molar-refractivity contribution in [1.29, 1.82) is 0 Å². The maximum atomic E-state index is 12.8. The van der Waals surface area contributed by atoms with Crippen molar-refractivity contribution in [1.82, 2.24) is 0 Å². The lowest BCUT2D eigenvalue weighted by Gasteiger charge is -2.18. The number of allylic oxidation sites excluding steroid dienone is 26. The average molecular weight is 978 g/mol. The van der Waals surface area contributed by atoms with Gasteiger partial charge >= 0.3 is 17.9 Å². The molecule has 0 fully saturated rings. The van der Waals surface area contributed by atoms with Crippen LogP contribution in [0.3, 0.4) is 0 Å². The fraction of sp³-hybridized carbons (Fsp3) is 0.554. The summed E-state index contributed by atoms with van der Waals surface area (Å²) in [5, 5.41) is 0. The molecule has 1 unspecified atom stereocenters. The summed E-state index contributed by atoms with van der Waals surface area (Å²) in [6.07, 6.45) is 83.8. The highest BCUT2D eigenvalue weighted by molar-refractivity contribution is 5.71. The maximum Gasteiger partial charge on any atom is 0.306 e. The monoisotopic (exact) mass is 977 g/mol. The van der Waals surface area contributed by atoms with Gasteiger partial charge in [0, 0.05) is 19.3 Å². The molecule has 0 aromatic heterocycles. The summed E-state index contributed by atoms with van der Waals surface area (Å²) in [7, 11) is 0. The molecule has 0 aromatic carbocycles. The molecule has 6 heteroatoms. The molecule has 0 aromatic rings. The van der Waals surface area contributed by atoms with Crippen molar-refractivity contribution in [3.63, 3.8) is 0 Å². The van der Waals surface area contributed by atoms with Crippen LogP contribution in [0.25, 0.3) is 0 Å². The first-order chi connectivity index (χ1) is 35.0. The van der Waals surface area contributed by atoms with E-state index in [0.29, 0.717) is 19.3 Å². The fourth-order valence-electron chi connectivity index (χ4n) is 6.87. The molecule has 0 radical (unpaired) electrons. The molecular formula is C65H100O6. The van der Waals surface area contributed by atoms with E-state index in [0.717, 1.165) is 161 Å². The minimum absolute atomic E-state index is 0.124. The third-order valence-electron chi connectivity index (χ3n) is 11.0. The van der Waals surface area contributed by atoms with Crippen LogP contribution in [0.15, 0.2) is 158 Å². The SMILES string of the molecule is CC/C=C\C/C=C\C/C=C\C/C=C\C/C=C\C/C=C\CCCCCCC(=O)OCC(COC(=O)CCCCCCC/C=C\C/C=C\CCC)OC(=O)CCC/C=C\C/C=C\C/C=C\C/C=C\C/C=C\CC. The van der Waals surface area contributed by atoms with Crippen molar-refractivity contribution in [2.45, 2.75) is 219 Å². The minimum atomic E-state index is -0.833. The molecule has 0 aliphatic carbocycles. The molecule has 6 nitrogen and oxygen atoms in total. The van der Waals surface area contributed by atoms with Crippen LogP contribution in [0.2, 0.25) is 0 Å². The zero-order valence-electron chi connectivity index (χ0n) is 45.2. The minimum Gasteiger partial charge on any atom is -0.462 e. The van der Waals surface area contributed by atoms with Gasteiger partial charge in [0.2, 0.25) is 0 Å². The fourth-order valence-corrected chi connectivity index (χ4v) is 6.87. The molecule has 1 atom stereocenters. The molecule has 0 saturated carbocycles. The van der Waals surface area contributed by atoms with E-state index in [2.05, 4.69) is 179 Å². The Morgan fingerprint density at radius 1 is 0.296 bits per heavy atom. The van der Waals surface area contributed by atoms with Gasteiger partial charge in [0.25, 0.3) is 0 Å². The van der Waals surface area contributed by atoms with E-state index in [1.54, 1.807) is 0 Å². The van der Waals surface area contributed by atoms with Crippen molar-refractivity contribution >= 4 is 17.9 Å². The number of hydrogen-bond acceptors (Lipinski definition) is 6. The van der Waals surface area contributed by atoms with Gasteiger partial charge in [-0.3, -0.25) is 14.4 Å². The van der Waals surface area contributed by atoms with Crippen LogP contribution in [-0.4, -0.2) is 37.2 Å². The number of esters is 3. The van der Waals surface area contributed by atoms with Gasteiger partial charge in [0.1, 0.15) is 13.2 Å². The Kier molecular flexibility index (Phi) is 53.6. The van der Waals surface area contributed by atoms with Crippen molar-refractivity contribution in [2.75, 3.05) is 13.2 Å². The number of ether oxygens (including phenoxy) is 3. The molecule has 0 aliphatic heterocycles. The second kappa shape index (κ2) is 57.6. The Morgan fingerprint density at radius 3 is 0.901 bits per heavy atom. The van der Waals surface area contributed by atoms with E-state index in [9.17, 15) is 14.4 Å². The molecule has 71 heavy (non-hydrogen) atoms. The molecular weight excluding hydrogens is 877 g/mol. The smallest absolute Gasteiger partial charge is 0.306 e. The van der Waals surface area contributed by atoms with E-state index in [1.165, 1.54) is 6.42 Å². The van der Waals surface area contributed by atoms with E-state index >= 15 is 0 Å². The first-order valence-electron chi connectivity index (χ1n) is 28.0. The summed E-state index contributed by atoms with van der Waals surface area (Å²) in [5.41, 5.74) is 0. The second-order valence-corrected chi connectivity index (χ2v) is 17.7. The maximum absolute atomic E-state index is 12.8. The largest absolute Gasteiger partial charge is 0.462 e. The Morgan fingerprint density at radius 2 is 0.563 bits per heavy atom. The van der Waals surface area contributed by atoms with Gasteiger partial charge in [0.15, 0.2) is 6.10 Å². The van der Waals surface area contributed by atoms with Crippen molar-refractivity contribution < 1.29 is 28.6 Å². The molecule has 396 valence electrons. The normalized spacial score (nSPS) is 13.3. The first kappa shape index (κ1) is 66.0. The molecule has 0 N–H and O–H groups in total. The Hall–Kier alpha value is -4.97. The standard InChI is InChI=1S/C65H100O6/c1-4-7-10-13-16-19-22-25-27-29-30-31-32-33-34-36-37-40-43-46-49-52-55-58-64(67)70-61-62(60-69-63(66)57-54-51-48-45-42-39-24-21-18-15-12-9-6-3)71-65(68)59-56-53-50-47-44-41-38-35-28-26-23-20-17-14-11-8-5-2/h7-8,10-12,15-17,19-21,24-28,30-31,33-34,37-38,40-41,47,50,62H,4-6,9,13-14,18,22-23,29,32,35-36,39,42-46,48-49,51-61H2,1-3H3/b10-7-,11-8-,15-12-,19-16-,20-17-,24-21-,27-25-,28-26-,31-30-,34-33-,40-37-,41-38-,50-47-. The summed E-state index contributed by atoms with van der Waals surface area (Å²) in [4.78, 5) is 38.1. The van der Waals surface area contributed by atoms with Crippen LogP contribution in [0.4, 0.5) is 0 Å². The van der Waals surface area contributed by atoms with Crippen molar-refractivity contribution in [3.05, 3.63) is 158 Å². The van der Waals surface area contributed by atoms with Crippen LogP contribution in [0.5, 0.6) is 0 Å². The number of carbonyl (C=O) groups excluding carboxylic acids is 3. The quantitative estimate of drug-likeness (QED) is 0.0262. The van der Waals surface area contributed by atoms with Gasteiger partial charge in [-0.2, -0.15) is 0 Å². The van der Waals surface area contributed by atoms with Crippen LogP contribution < -0.4 is 0 Å². The summed E-state index contributed by atoms with van der Waals surface area (Å²) >= 11 is 0. The van der Waals surface area contributed by atoms with Gasteiger partial charge in [-0.05, 0) is 135 Å². The van der Waals surface area contributed by atoms with Crippen molar-refractivity contribution in [2.24, 2.45) is 0 Å². The lowest BCUT2D eigenvalue weighted by Crippen LogP contribution is -2.30. The molecule has 0 bridgehead atoms. The number of hydrogen-bond donors (Lipinski definition) is 0. The molecule has 0 rings (SSSR count). The highest BCUT2D eigenvalue weighted by Gasteiger charge is 2.19. The second-order valence-electron chi connectivity index (χ2n) is 17.7. The van der Waals surface area contributed by atoms with Crippen molar-refractivity contribution in [3.8, 4) is 0 Å². The predicted molar refractivity (Wildman–Crippen MR) is 306 cm³/mol. The predicted octanol–water partition coefficient (Wildman–Crippen LogP) is 19.0. The van der Waals surface area contributed by atoms with Crippen LogP contribution in [0, 0.1) is 0 Å². The summed E-state index contributed by atoms with van der Waals surface area (Å²) in [6, 6.07) is 0. The van der Waals surface area contributed by atoms with Crippen LogP contribution >= 0.6 is 0 Å². The van der Waals surface area contributed by atoms with E-state index in [4.69, 9.17) is 14.2 Å². The van der Waals surface area contributed by atoms with Gasteiger partial charge in [-0.15, -0.1) is 0 Å². The lowest BCUT2D eigenvalue weighted by molar-refractivity contribution is -0.167. The van der Waals surface area contributed by atoms with Crippen LogP contribution in [-0.2, 0) is 28.6 Å². The number of carbonyl (C=O) groups is 3. The molecule has 0 spiro atoms. The van der Waals surface area contributed by atoms with Gasteiger partial charge in [0.05, 0.1) is 0 Å². The van der Waals surface area contributed by atoms with E-state index in [-0.39, 0.29) is 37.5 Å². The molecule has 0 saturated heterocycles. The van der Waals surface area contributed by atoms with Gasteiger partial charge < -0.3 is 14.2 Å². The zero-order valence-corrected chi connectivity index (χ0v) is 45.2. The molecule has 0 aliphatic rings. The molecule has 0 amide bonds.